The monoisotopic (exact) mass is 293 g/mol. The predicted molar refractivity (Wildman–Crippen MR) is 74.7 cm³/mol. The highest BCUT2D eigenvalue weighted by Gasteiger charge is 2.41. The van der Waals surface area contributed by atoms with Crippen LogP contribution in [-0.4, -0.2) is 36.4 Å². The van der Waals surface area contributed by atoms with Crippen molar-refractivity contribution < 1.29 is 24.2 Å². The molecule has 114 valence electrons. The first-order chi connectivity index (χ1) is 10.1. The molecule has 2 rings (SSSR count). The van der Waals surface area contributed by atoms with Crippen LogP contribution in [0.15, 0.2) is 30.3 Å². The van der Waals surface area contributed by atoms with Gasteiger partial charge in [0.25, 0.3) is 0 Å². The summed E-state index contributed by atoms with van der Waals surface area (Å²) >= 11 is 0. The normalized spacial score (nSPS) is 16.8. The molecule has 0 spiro atoms. The number of nitrogens with one attached hydrogen (secondary N) is 1. The summed E-state index contributed by atoms with van der Waals surface area (Å²) in [4.78, 5) is 23.0. The van der Waals surface area contributed by atoms with Gasteiger partial charge in [-0.25, -0.2) is 9.59 Å². The van der Waals surface area contributed by atoms with Crippen LogP contribution in [0.2, 0.25) is 0 Å². The van der Waals surface area contributed by atoms with Gasteiger partial charge in [0.15, 0.2) is 6.10 Å². The van der Waals surface area contributed by atoms with Crippen LogP contribution in [-0.2, 0) is 20.9 Å². The highest BCUT2D eigenvalue weighted by atomic mass is 16.5. The zero-order chi connectivity index (χ0) is 15.2. The molecule has 1 aromatic carbocycles. The average molecular weight is 293 g/mol. The first-order valence-corrected chi connectivity index (χ1v) is 6.84. The molecule has 2 atom stereocenters. The minimum absolute atomic E-state index is 0.135. The van der Waals surface area contributed by atoms with Crippen molar-refractivity contribution in [2.75, 3.05) is 7.11 Å². The number of hydrogen-bond donors (Lipinski definition) is 2. The first kappa shape index (κ1) is 15.3. The van der Waals surface area contributed by atoms with Crippen LogP contribution in [0.4, 0.5) is 4.79 Å². The number of rotatable bonds is 7. The molecule has 0 radical (unpaired) electrons. The molecule has 0 saturated heterocycles. The largest absolute Gasteiger partial charge is 0.479 e. The van der Waals surface area contributed by atoms with E-state index >= 15 is 0 Å². The van der Waals surface area contributed by atoms with Gasteiger partial charge in [-0.1, -0.05) is 30.3 Å². The second-order valence-corrected chi connectivity index (χ2v) is 5.06. The Balaban J connectivity index is 1.88. The van der Waals surface area contributed by atoms with Gasteiger partial charge in [0.1, 0.15) is 6.61 Å². The molecule has 6 nitrogen and oxygen atoms in total. The third-order valence-corrected chi connectivity index (χ3v) is 3.45. The van der Waals surface area contributed by atoms with Crippen LogP contribution in [0.25, 0.3) is 0 Å². The van der Waals surface area contributed by atoms with E-state index in [4.69, 9.17) is 14.6 Å². The number of hydrogen-bond acceptors (Lipinski definition) is 4. The third kappa shape index (κ3) is 4.46. The Morgan fingerprint density at radius 2 is 2.00 bits per heavy atom. The van der Waals surface area contributed by atoms with Crippen molar-refractivity contribution in [2.45, 2.75) is 31.6 Å². The Bertz CT molecular complexity index is 486. The van der Waals surface area contributed by atoms with Crippen molar-refractivity contribution in [1.82, 2.24) is 5.32 Å². The summed E-state index contributed by atoms with van der Waals surface area (Å²) in [5.41, 5.74) is 0.872. The van der Waals surface area contributed by atoms with Crippen molar-refractivity contribution in [1.29, 1.82) is 0 Å². The summed E-state index contributed by atoms with van der Waals surface area (Å²) < 4.78 is 10.1. The topological polar surface area (TPSA) is 84.9 Å². The minimum atomic E-state index is -1.09. The van der Waals surface area contributed by atoms with Gasteiger partial charge >= 0.3 is 12.1 Å². The van der Waals surface area contributed by atoms with Gasteiger partial charge in [-0.05, 0) is 24.3 Å². The van der Waals surface area contributed by atoms with Crippen LogP contribution < -0.4 is 5.32 Å². The maximum absolute atomic E-state index is 11.8. The van der Waals surface area contributed by atoms with Crippen LogP contribution in [0.5, 0.6) is 0 Å². The fourth-order valence-corrected chi connectivity index (χ4v) is 2.20. The lowest BCUT2D eigenvalue weighted by atomic mass is 10.1. The molecule has 2 N–H and O–H groups in total. The number of alkyl carbamates (subject to hydrolysis) is 1. The van der Waals surface area contributed by atoms with Gasteiger partial charge in [-0.3, -0.25) is 0 Å². The number of ether oxygens (including phenoxy) is 2. The standard InChI is InChI=1S/C15H19NO5/c1-20-13(14(17)18)12(11-7-8-11)16-15(19)21-9-10-5-3-2-4-6-10/h2-6,11-13H,7-9H2,1H3,(H,16,19)(H,17,18). The molecular weight excluding hydrogens is 274 g/mol. The number of carbonyl (C=O) groups excluding carboxylic acids is 1. The Kier molecular flexibility index (Phi) is 5.16. The molecule has 1 aliphatic rings. The van der Waals surface area contributed by atoms with Crippen molar-refractivity contribution in [2.24, 2.45) is 5.92 Å². The smallest absolute Gasteiger partial charge is 0.407 e. The highest BCUT2D eigenvalue weighted by molar-refractivity contribution is 5.75. The van der Waals surface area contributed by atoms with Gasteiger partial charge in [-0.2, -0.15) is 0 Å². The van der Waals surface area contributed by atoms with Gasteiger partial charge < -0.3 is 19.9 Å². The molecule has 0 bridgehead atoms. The molecule has 1 fully saturated rings. The molecule has 21 heavy (non-hydrogen) atoms. The van der Waals surface area contributed by atoms with E-state index in [0.29, 0.717) is 0 Å². The van der Waals surface area contributed by atoms with E-state index < -0.39 is 24.2 Å². The van der Waals surface area contributed by atoms with Gasteiger partial charge in [-0.15, -0.1) is 0 Å². The van der Waals surface area contributed by atoms with E-state index in [1.807, 2.05) is 30.3 Å². The van der Waals surface area contributed by atoms with Crippen molar-refractivity contribution in [3.8, 4) is 0 Å². The average Bonchev–Trinajstić information content (AvgIpc) is 3.30. The van der Waals surface area contributed by atoms with Gasteiger partial charge in [0, 0.05) is 7.11 Å². The number of amides is 1. The number of carboxylic acids is 1. The molecule has 1 aliphatic carbocycles. The summed E-state index contributed by atoms with van der Waals surface area (Å²) in [7, 11) is 1.32. The zero-order valence-electron chi connectivity index (χ0n) is 11.8. The first-order valence-electron chi connectivity index (χ1n) is 6.84. The van der Waals surface area contributed by atoms with E-state index in [9.17, 15) is 9.59 Å². The Labute approximate surface area is 123 Å². The summed E-state index contributed by atoms with van der Waals surface area (Å²) in [6, 6.07) is 8.73. The van der Waals surface area contributed by atoms with Crippen molar-refractivity contribution >= 4 is 12.1 Å². The molecule has 0 heterocycles. The zero-order valence-corrected chi connectivity index (χ0v) is 11.8. The lowest BCUT2D eigenvalue weighted by Crippen LogP contribution is -2.49. The number of carbonyl (C=O) groups is 2. The molecule has 1 amide bonds. The molecule has 2 unspecified atom stereocenters. The molecular formula is C15H19NO5. The van der Waals surface area contributed by atoms with Crippen molar-refractivity contribution in [3.63, 3.8) is 0 Å². The third-order valence-electron chi connectivity index (χ3n) is 3.45. The Morgan fingerprint density at radius 3 is 2.52 bits per heavy atom. The lowest BCUT2D eigenvalue weighted by molar-refractivity contribution is -0.150. The summed E-state index contributed by atoms with van der Waals surface area (Å²) in [6.07, 6.45) is 0.0916. The van der Waals surface area contributed by atoms with Crippen LogP contribution >= 0.6 is 0 Å². The van der Waals surface area contributed by atoms with E-state index in [2.05, 4.69) is 5.32 Å². The van der Waals surface area contributed by atoms with E-state index in [1.165, 1.54) is 7.11 Å². The summed E-state index contributed by atoms with van der Waals surface area (Å²) in [6.45, 7) is 0.148. The molecule has 0 aromatic heterocycles. The van der Waals surface area contributed by atoms with Gasteiger partial charge in [0.05, 0.1) is 6.04 Å². The minimum Gasteiger partial charge on any atom is -0.479 e. The fourth-order valence-electron chi connectivity index (χ4n) is 2.20. The molecule has 6 heteroatoms. The SMILES string of the molecule is COC(C(=O)O)C(NC(=O)OCc1ccccc1)C1CC1. The molecule has 1 saturated carbocycles. The molecule has 1 aromatic rings. The summed E-state index contributed by atoms with van der Waals surface area (Å²) in [5.74, 6) is -0.951. The van der Waals surface area contributed by atoms with E-state index in [0.717, 1.165) is 18.4 Å². The predicted octanol–water partition coefficient (Wildman–Crippen LogP) is 1.79. The number of aliphatic carboxylic acids is 1. The second kappa shape index (κ2) is 7.08. The van der Waals surface area contributed by atoms with Crippen LogP contribution in [0, 0.1) is 5.92 Å². The number of carboxylic acid groups (broad SMARTS) is 1. The van der Waals surface area contributed by atoms with Crippen LogP contribution in [0.3, 0.4) is 0 Å². The Morgan fingerprint density at radius 1 is 1.33 bits per heavy atom. The van der Waals surface area contributed by atoms with Gasteiger partial charge in [0.2, 0.25) is 0 Å². The maximum Gasteiger partial charge on any atom is 0.407 e. The lowest BCUT2D eigenvalue weighted by Gasteiger charge is -2.23. The quantitative estimate of drug-likeness (QED) is 0.800. The van der Waals surface area contributed by atoms with Crippen molar-refractivity contribution in [3.05, 3.63) is 35.9 Å². The second-order valence-electron chi connectivity index (χ2n) is 5.06. The Hall–Kier alpha value is -2.08. The maximum atomic E-state index is 11.8. The van der Waals surface area contributed by atoms with E-state index in [-0.39, 0.29) is 12.5 Å². The fraction of sp³-hybridized carbons (Fsp3) is 0.467. The van der Waals surface area contributed by atoms with Crippen LogP contribution in [0.1, 0.15) is 18.4 Å². The summed E-state index contributed by atoms with van der Waals surface area (Å²) in [5, 5.41) is 11.7. The highest BCUT2D eigenvalue weighted by Crippen LogP contribution is 2.34. The number of benzene rings is 1. The number of methoxy groups -OCH3 is 1. The molecule has 0 aliphatic heterocycles. The van der Waals surface area contributed by atoms with E-state index in [1.54, 1.807) is 0 Å².